The highest BCUT2D eigenvalue weighted by atomic mass is 16.5. The summed E-state index contributed by atoms with van der Waals surface area (Å²) in [4.78, 5) is 4.38. The van der Waals surface area contributed by atoms with Crippen LogP contribution >= 0.6 is 0 Å². The van der Waals surface area contributed by atoms with Gasteiger partial charge in [-0.2, -0.15) is 0 Å². The van der Waals surface area contributed by atoms with Crippen molar-refractivity contribution in [2.75, 3.05) is 32.8 Å². The van der Waals surface area contributed by atoms with Gasteiger partial charge < -0.3 is 10.1 Å². The lowest BCUT2D eigenvalue weighted by Gasteiger charge is -2.48. The second kappa shape index (κ2) is 16.9. The molecule has 0 bridgehead atoms. The lowest BCUT2D eigenvalue weighted by atomic mass is 9.73. The third-order valence-corrected chi connectivity index (χ3v) is 7.50. The van der Waals surface area contributed by atoms with Crippen LogP contribution in [0.15, 0.2) is 16.6 Å². The Hall–Kier alpha value is -0.670. The van der Waals surface area contributed by atoms with Gasteiger partial charge in [-0.3, -0.25) is 4.99 Å². The number of aliphatic imine (C=N–C) groups is 1. The van der Waals surface area contributed by atoms with Crippen molar-refractivity contribution >= 4 is 5.71 Å². The number of rotatable bonds is 0. The van der Waals surface area contributed by atoms with Crippen molar-refractivity contribution in [1.29, 1.82) is 0 Å². The summed E-state index contributed by atoms with van der Waals surface area (Å²) in [5.74, 6) is 0. The zero-order valence-corrected chi connectivity index (χ0v) is 22.7. The third-order valence-electron chi connectivity index (χ3n) is 7.50. The average molecular weight is 449 g/mol. The maximum Gasteiger partial charge on any atom is 0.0580 e. The summed E-state index contributed by atoms with van der Waals surface area (Å²) in [5.41, 5.74) is 4.43. The van der Waals surface area contributed by atoms with Crippen LogP contribution in [0.1, 0.15) is 125 Å². The molecule has 3 aliphatic carbocycles. The zero-order chi connectivity index (χ0) is 23.7. The molecule has 5 fully saturated rings. The average Bonchev–Trinajstić information content (AvgIpc) is 3.47. The standard InChI is InChI=1S/C10H18.C8H11N.C5H9NO.3C2H6/c1-2-6-10(7-3-1)8-4-5-9-10;1-2-4-8-7(3-1)5-6-9-8;1-5(2-6-1)3-7-4-5;3*1-2/h1-9H2;5H,1-4,6H2;6H,1-4H2;3*1-2H3. The fraction of sp³-hybridized carbons (Fsp3) is 0.897. The molecular weight excluding hydrogens is 392 g/mol. The Morgan fingerprint density at radius 2 is 1.22 bits per heavy atom. The van der Waals surface area contributed by atoms with Crippen LogP contribution in [0, 0.1) is 10.8 Å². The van der Waals surface area contributed by atoms with Crippen LogP contribution in [0.5, 0.6) is 0 Å². The van der Waals surface area contributed by atoms with E-state index in [9.17, 15) is 0 Å². The molecule has 188 valence electrons. The molecule has 0 aromatic rings. The molecule has 3 saturated carbocycles. The topological polar surface area (TPSA) is 33.6 Å². The molecule has 3 heterocycles. The van der Waals surface area contributed by atoms with E-state index in [0.29, 0.717) is 5.41 Å². The predicted octanol–water partition coefficient (Wildman–Crippen LogP) is 8.14. The fourth-order valence-corrected chi connectivity index (χ4v) is 5.58. The Morgan fingerprint density at radius 3 is 1.62 bits per heavy atom. The Balaban J connectivity index is 0.000000217. The van der Waals surface area contributed by atoms with Gasteiger partial charge in [-0.1, -0.05) is 79.7 Å². The van der Waals surface area contributed by atoms with E-state index in [2.05, 4.69) is 16.4 Å². The van der Waals surface area contributed by atoms with Crippen molar-refractivity contribution in [3.8, 4) is 0 Å². The second-order valence-electron chi connectivity index (χ2n) is 9.59. The molecule has 2 saturated heterocycles. The lowest BCUT2D eigenvalue weighted by molar-refractivity contribution is -0.139. The van der Waals surface area contributed by atoms with Gasteiger partial charge in [-0.25, -0.2) is 0 Å². The number of nitrogens with one attached hydrogen (secondary N) is 1. The largest absolute Gasteiger partial charge is 0.380 e. The first kappa shape index (κ1) is 29.4. The van der Waals surface area contributed by atoms with Gasteiger partial charge in [-0.05, 0) is 62.4 Å². The number of fused-ring (bicyclic) bond motifs is 1. The number of ether oxygens (including phenoxy) is 1. The first-order chi connectivity index (χ1) is 15.8. The summed E-state index contributed by atoms with van der Waals surface area (Å²) in [6.45, 7) is 17.3. The van der Waals surface area contributed by atoms with E-state index >= 15 is 0 Å². The van der Waals surface area contributed by atoms with E-state index < -0.39 is 0 Å². The molecule has 3 nitrogen and oxygen atoms in total. The minimum absolute atomic E-state index is 0.611. The maximum absolute atomic E-state index is 5.04. The molecule has 1 N–H and O–H groups in total. The third kappa shape index (κ3) is 8.93. The molecule has 3 heteroatoms. The van der Waals surface area contributed by atoms with Crippen LogP contribution in [0.3, 0.4) is 0 Å². The lowest BCUT2D eigenvalue weighted by Crippen LogP contribution is -2.64. The van der Waals surface area contributed by atoms with E-state index in [1.807, 2.05) is 41.5 Å². The minimum atomic E-state index is 0.611. The summed E-state index contributed by atoms with van der Waals surface area (Å²) in [6.07, 6.45) is 21.4. The maximum atomic E-state index is 5.04. The molecule has 3 aliphatic heterocycles. The van der Waals surface area contributed by atoms with Gasteiger partial charge >= 0.3 is 0 Å². The van der Waals surface area contributed by atoms with Gasteiger partial charge in [0.15, 0.2) is 0 Å². The molecular formula is C29H56N2O. The van der Waals surface area contributed by atoms with Crippen LogP contribution < -0.4 is 5.32 Å². The molecule has 6 aliphatic rings. The monoisotopic (exact) mass is 448 g/mol. The summed E-state index contributed by atoms with van der Waals surface area (Å²) < 4.78 is 5.04. The van der Waals surface area contributed by atoms with E-state index in [-0.39, 0.29) is 0 Å². The van der Waals surface area contributed by atoms with Crippen molar-refractivity contribution in [2.45, 2.75) is 125 Å². The number of hydrogen-bond acceptors (Lipinski definition) is 3. The van der Waals surface area contributed by atoms with Crippen LogP contribution in [0.25, 0.3) is 0 Å². The van der Waals surface area contributed by atoms with Crippen LogP contribution in [-0.2, 0) is 4.74 Å². The normalized spacial score (nSPS) is 24.8. The van der Waals surface area contributed by atoms with Gasteiger partial charge in [0.1, 0.15) is 0 Å². The van der Waals surface area contributed by atoms with E-state index in [0.717, 1.165) is 25.2 Å². The molecule has 0 amide bonds. The molecule has 0 radical (unpaired) electrons. The van der Waals surface area contributed by atoms with Gasteiger partial charge in [0.25, 0.3) is 0 Å². The predicted molar refractivity (Wildman–Crippen MR) is 143 cm³/mol. The molecule has 0 atom stereocenters. The number of nitrogens with zero attached hydrogens (tertiary/aromatic N) is 1. The number of allylic oxidation sites excluding steroid dienone is 1. The van der Waals surface area contributed by atoms with E-state index in [1.54, 1.807) is 31.3 Å². The first-order valence-corrected chi connectivity index (χ1v) is 14.3. The minimum Gasteiger partial charge on any atom is -0.380 e. The smallest absolute Gasteiger partial charge is 0.0580 e. The highest BCUT2D eigenvalue weighted by molar-refractivity contribution is 6.02. The van der Waals surface area contributed by atoms with Crippen molar-refractivity contribution in [3.05, 3.63) is 11.6 Å². The van der Waals surface area contributed by atoms with Gasteiger partial charge in [0.2, 0.25) is 0 Å². The number of hydrogen-bond donors (Lipinski definition) is 1. The van der Waals surface area contributed by atoms with Gasteiger partial charge in [0.05, 0.1) is 19.8 Å². The van der Waals surface area contributed by atoms with Crippen molar-refractivity contribution in [3.63, 3.8) is 0 Å². The second-order valence-corrected chi connectivity index (χ2v) is 9.59. The summed E-state index contributed by atoms with van der Waals surface area (Å²) in [5, 5.41) is 3.22. The summed E-state index contributed by atoms with van der Waals surface area (Å²) >= 11 is 0. The quantitative estimate of drug-likeness (QED) is 0.406. The van der Waals surface area contributed by atoms with Crippen LogP contribution in [0.2, 0.25) is 0 Å². The first-order valence-electron chi connectivity index (χ1n) is 14.3. The summed E-state index contributed by atoms with van der Waals surface area (Å²) in [7, 11) is 0. The van der Waals surface area contributed by atoms with Crippen molar-refractivity contribution in [2.24, 2.45) is 15.8 Å². The van der Waals surface area contributed by atoms with Crippen LogP contribution in [-0.4, -0.2) is 38.6 Å². The zero-order valence-electron chi connectivity index (χ0n) is 22.7. The highest BCUT2D eigenvalue weighted by Gasteiger charge is 2.43. The molecule has 0 aromatic carbocycles. The molecule has 6 rings (SSSR count). The van der Waals surface area contributed by atoms with E-state index in [1.165, 1.54) is 76.6 Å². The highest BCUT2D eigenvalue weighted by Crippen LogP contribution is 2.48. The Bertz CT molecular complexity index is 480. The Labute approximate surface area is 201 Å². The SMILES string of the molecule is C1=C2CCCCC2=NC1.C1CCC2(CC1)CCCC2.C1NCC12COC2.CC.CC.CC. The van der Waals surface area contributed by atoms with Gasteiger partial charge in [-0.15, -0.1) is 0 Å². The van der Waals surface area contributed by atoms with Gasteiger partial charge in [0, 0.05) is 24.2 Å². The molecule has 0 aromatic heterocycles. The van der Waals surface area contributed by atoms with Crippen molar-refractivity contribution < 1.29 is 4.74 Å². The molecule has 0 unspecified atom stereocenters. The molecule has 2 spiro atoms. The van der Waals surface area contributed by atoms with E-state index in [4.69, 9.17) is 4.74 Å². The Kier molecular flexibility index (Phi) is 15.5. The summed E-state index contributed by atoms with van der Waals surface area (Å²) in [6, 6.07) is 0. The fourth-order valence-electron chi connectivity index (χ4n) is 5.58. The molecule has 32 heavy (non-hydrogen) atoms. The Morgan fingerprint density at radius 1 is 0.688 bits per heavy atom. The van der Waals surface area contributed by atoms with Crippen molar-refractivity contribution in [1.82, 2.24) is 5.32 Å². The van der Waals surface area contributed by atoms with Crippen LogP contribution in [0.4, 0.5) is 0 Å².